The van der Waals surface area contributed by atoms with Crippen molar-refractivity contribution in [2.75, 3.05) is 18.5 Å². The quantitative estimate of drug-likeness (QED) is 0.879. The molecule has 1 aliphatic carbocycles. The van der Waals surface area contributed by atoms with Gasteiger partial charge in [-0.15, -0.1) is 0 Å². The average molecular weight is 299 g/mol. The normalized spacial score (nSPS) is 27.6. The van der Waals surface area contributed by atoms with E-state index in [9.17, 15) is 0 Å². The Balaban J connectivity index is 1.95. The molecule has 1 saturated carbocycles. The van der Waals surface area contributed by atoms with E-state index < -0.39 is 0 Å². The molecule has 1 aromatic rings. The molecule has 0 saturated heterocycles. The van der Waals surface area contributed by atoms with Crippen molar-refractivity contribution >= 4 is 21.6 Å². The lowest BCUT2D eigenvalue weighted by molar-refractivity contribution is -0.0271. The van der Waals surface area contributed by atoms with Crippen molar-refractivity contribution in [2.24, 2.45) is 5.73 Å². The second-order valence-corrected chi connectivity index (χ2v) is 5.52. The van der Waals surface area contributed by atoms with Gasteiger partial charge in [0.2, 0.25) is 0 Å². The van der Waals surface area contributed by atoms with Gasteiger partial charge < -0.3 is 15.8 Å². The summed E-state index contributed by atoms with van der Waals surface area (Å²) in [6.07, 6.45) is 2.35. The standard InChI is InChI=1S/C13H19BrN2O/c1-2-17-12-7-13(8-12,9-15)16-11-5-3-10(14)4-6-11/h3-6,12,16H,2,7-9,15H2,1H3. The summed E-state index contributed by atoms with van der Waals surface area (Å²) >= 11 is 3.43. The van der Waals surface area contributed by atoms with Crippen LogP contribution in [0.15, 0.2) is 28.7 Å². The summed E-state index contributed by atoms with van der Waals surface area (Å²) in [6, 6.07) is 8.20. The minimum absolute atomic E-state index is 0.0215. The minimum Gasteiger partial charge on any atom is -0.378 e. The maximum Gasteiger partial charge on any atom is 0.0620 e. The van der Waals surface area contributed by atoms with Crippen LogP contribution < -0.4 is 11.1 Å². The number of nitrogens with two attached hydrogens (primary N) is 1. The van der Waals surface area contributed by atoms with Crippen LogP contribution in [0.3, 0.4) is 0 Å². The molecule has 3 N–H and O–H groups in total. The zero-order valence-electron chi connectivity index (χ0n) is 10.1. The van der Waals surface area contributed by atoms with Crippen LogP contribution in [0, 0.1) is 0 Å². The van der Waals surface area contributed by atoms with Gasteiger partial charge in [-0.1, -0.05) is 15.9 Å². The van der Waals surface area contributed by atoms with Gasteiger partial charge in [-0.25, -0.2) is 0 Å². The number of hydrogen-bond donors (Lipinski definition) is 2. The first-order valence-corrected chi connectivity index (χ1v) is 6.82. The topological polar surface area (TPSA) is 47.3 Å². The van der Waals surface area contributed by atoms with Crippen molar-refractivity contribution in [1.82, 2.24) is 0 Å². The smallest absolute Gasteiger partial charge is 0.0620 e. The molecular weight excluding hydrogens is 280 g/mol. The van der Waals surface area contributed by atoms with Gasteiger partial charge in [0.1, 0.15) is 0 Å². The molecule has 94 valence electrons. The Hall–Kier alpha value is -0.580. The van der Waals surface area contributed by atoms with Gasteiger partial charge in [-0.05, 0) is 44.0 Å². The Morgan fingerprint density at radius 3 is 2.59 bits per heavy atom. The van der Waals surface area contributed by atoms with Gasteiger partial charge in [0, 0.05) is 23.3 Å². The van der Waals surface area contributed by atoms with Crippen LogP contribution >= 0.6 is 15.9 Å². The van der Waals surface area contributed by atoms with Gasteiger partial charge in [-0.2, -0.15) is 0 Å². The van der Waals surface area contributed by atoms with Gasteiger partial charge in [0.15, 0.2) is 0 Å². The second-order valence-electron chi connectivity index (χ2n) is 4.60. The zero-order valence-corrected chi connectivity index (χ0v) is 11.7. The second kappa shape index (κ2) is 5.38. The number of rotatable bonds is 5. The molecule has 1 aromatic carbocycles. The zero-order chi connectivity index (χ0) is 12.3. The average Bonchev–Trinajstić information content (AvgIpc) is 2.29. The van der Waals surface area contributed by atoms with Crippen LogP contribution in [0.2, 0.25) is 0 Å². The van der Waals surface area contributed by atoms with Crippen molar-refractivity contribution in [3.05, 3.63) is 28.7 Å². The SMILES string of the molecule is CCOC1CC(CN)(Nc2ccc(Br)cc2)C1. The highest BCUT2D eigenvalue weighted by molar-refractivity contribution is 9.10. The third kappa shape index (κ3) is 3.00. The number of halogens is 1. The highest BCUT2D eigenvalue weighted by Gasteiger charge is 2.43. The first-order valence-electron chi connectivity index (χ1n) is 6.03. The van der Waals surface area contributed by atoms with E-state index in [-0.39, 0.29) is 5.54 Å². The summed E-state index contributed by atoms with van der Waals surface area (Å²) in [7, 11) is 0. The summed E-state index contributed by atoms with van der Waals surface area (Å²) in [5.74, 6) is 0. The van der Waals surface area contributed by atoms with Crippen LogP contribution in [0.1, 0.15) is 19.8 Å². The Labute approximate surface area is 111 Å². The molecule has 0 bridgehead atoms. The molecule has 0 unspecified atom stereocenters. The number of hydrogen-bond acceptors (Lipinski definition) is 3. The van der Waals surface area contributed by atoms with Crippen LogP contribution in [-0.2, 0) is 4.74 Å². The molecule has 17 heavy (non-hydrogen) atoms. The third-order valence-corrected chi connectivity index (χ3v) is 3.81. The fourth-order valence-electron chi connectivity index (χ4n) is 2.32. The van der Waals surface area contributed by atoms with Gasteiger partial charge in [0.25, 0.3) is 0 Å². The number of anilines is 1. The molecule has 1 fully saturated rings. The largest absolute Gasteiger partial charge is 0.378 e. The minimum atomic E-state index is 0.0215. The summed E-state index contributed by atoms with van der Waals surface area (Å²) in [6.45, 7) is 3.46. The summed E-state index contributed by atoms with van der Waals surface area (Å²) in [5, 5.41) is 3.53. The fraction of sp³-hybridized carbons (Fsp3) is 0.538. The highest BCUT2D eigenvalue weighted by Crippen LogP contribution is 2.37. The van der Waals surface area contributed by atoms with Gasteiger partial charge in [0.05, 0.1) is 11.6 Å². The molecule has 2 rings (SSSR count). The monoisotopic (exact) mass is 298 g/mol. The van der Waals surface area contributed by atoms with Crippen LogP contribution in [0.4, 0.5) is 5.69 Å². The molecule has 1 aliphatic rings. The molecule has 0 aliphatic heterocycles. The molecule has 0 amide bonds. The summed E-state index contributed by atoms with van der Waals surface area (Å²) < 4.78 is 6.68. The van der Waals surface area contributed by atoms with Crippen molar-refractivity contribution in [3.63, 3.8) is 0 Å². The van der Waals surface area contributed by atoms with Crippen molar-refractivity contribution in [3.8, 4) is 0 Å². The lowest BCUT2D eigenvalue weighted by atomic mass is 9.74. The molecular formula is C13H19BrN2O. The number of ether oxygens (including phenoxy) is 1. The van der Waals surface area contributed by atoms with Gasteiger partial charge >= 0.3 is 0 Å². The molecule has 0 aromatic heterocycles. The van der Waals surface area contributed by atoms with E-state index in [2.05, 4.69) is 33.4 Å². The summed E-state index contributed by atoms with van der Waals surface area (Å²) in [5.41, 5.74) is 7.02. The van der Waals surface area contributed by atoms with E-state index in [0.717, 1.165) is 29.6 Å². The lowest BCUT2D eigenvalue weighted by Gasteiger charge is -2.47. The molecule has 0 spiro atoms. The van der Waals surface area contributed by atoms with E-state index in [1.165, 1.54) is 0 Å². The Bertz CT molecular complexity index is 360. The highest BCUT2D eigenvalue weighted by atomic mass is 79.9. The third-order valence-electron chi connectivity index (χ3n) is 3.28. The predicted molar refractivity (Wildman–Crippen MR) is 74.2 cm³/mol. The van der Waals surface area contributed by atoms with Crippen molar-refractivity contribution in [2.45, 2.75) is 31.4 Å². The first-order chi connectivity index (χ1) is 8.17. The molecule has 0 radical (unpaired) electrons. The fourth-order valence-corrected chi connectivity index (χ4v) is 2.59. The maximum absolute atomic E-state index is 5.88. The van der Waals surface area contributed by atoms with E-state index in [1.807, 2.05) is 19.1 Å². The maximum atomic E-state index is 5.88. The molecule has 0 heterocycles. The predicted octanol–water partition coefficient (Wildman–Crippen LogP) is 2.76. The Kier molecular flexibility index (Phi) is 4.07. The van der Waals surface area contributed by atoms with E-state index in [1.54, 1.807) is 0 Å². The Morgan fingerprint density at radius 1 is 1.41 bits per heavy atom. The molecule has 3 nitrogen and oxygen atoms in total. The summed E-state index contributed by atoms with van der Waals surface area (Å²) in [4.78, 5) is 0. The van der Waals surface area contributed by atoms with Crippen LogP contribution in [-0.4, -0.2) is 24.8 Å². The van der Waals surface area contributed by atoms with Gasteiger partial charge in [-0.3, -0.25) is 0 Å². The molecule has 4 heteroatoms. The first kappa shape index (κ1) is 12.9. The van der Waals surface area contributed by atoms with E-state index in [0.29, 0.717) is 12.6 Å². The van der Waals surface area contributed by atoms with Crippen molar-refractivity contribution < 1.29 is 4.74 Å². The van der Waals surface area contributed by atoms with E-state index in [4.69, 9.17) is 10.5 Å². The van der Waals surface area contributed by atoms with Crippen LogP contribution in [0.5, 0.6) is 0 Å². The Morgan fingerprint density at radius 2 is 2.06 bits per heavy atom. The lowest BCUT2D eigenvalue weighted by Crippen LogP contribution is -2.58. The van der Waals surface area contributed by atoms with E-state index >= 15 is 0 Å². The van der Waals surface area contributed by atoms with Crippen molar-refractivity contribution in [1.29, 1.82) is 0 Å². The molecule has 0 atom stereocenters. The van der Waals surface area contributed by atoms with Crippen LogP contribution in [0.25, 0.3) is 0 Å². The number of benzene rings is 1. The number of nitrogens with one attached hydrogen (secondary N) is 1.